The standard InChI is InChI=1S/C15H13N3/c1-16-13-7-4-6-11(9-13)15-17-10-12-5-2-3-8-14(12)18-15/h2-10,16H,1H3. The Morgan fingerprint density at radius 3 is 2.78 bits per heavy atom. The number of fused-ring (bicyclic) bond motifs is 1. The Kier molecular flexibility index (Phi) is 2.65. The quantitative estimate of drug-likeness (QED) is 0.740. The van der Waals surface area contributed by atoms with Crippen LogP contribution in [0.4, 0.5) is 5.69 Å². The molecule has 1 N–H and O–H groups in total. The lowest BCUT2D eigenvalue weighted by atomic mass is 10.1. The summed E-state index contributed by atoms with van der Waals surface area (Å²) >= 11 is 0. The van der Waals surface area contributed by atoms with E-state index >= 15 is 0 Å². The zero-order valence-electron chi connectivity index (χ0n) is 10.1. The highest BCUT2D eigenvalue weighted by molar-refractivity contribution is 5.79. The van der Waals surface area contributed by atoms with Crippen molar-refractivity contribution in [2.24, 2.45) is 0 Å². The van der Waals surface area contributed by atoms with Crippen molar-refractivity contribution >= 4 is 16.6 Å². The molecular weight excluding hydrogens is 222 g/mol. The lowest BCUT2D eigenvalue weighted by Crippen LogP contribution is -1.92. The molecule has 3 heteroatoms. The van der Waals surface area contributed by atoms with E-state index in [0.717, 1.165) is 28.0 Å². The first-order valence-corrected chi connectivity index (χ1v) is 5.87. The van der Waals surface area contributed by atoms with Gasteiger partial charge in [0.25, 0.3) is 0 Å². The van der Waals surface area contributed by atoms with Gasteiger partial charge < -0.3 is 5.32 Å². The van der Waals surface area contributed by atoms with Gasteiger partial charge in [0.05, 0.1) is 5.52 Å². The first-order chi connectivity index (χ1) is 8.86. The van der Waals surface area contributed by atoms with Crippen molar-refractivity contribution in [3.63, 3.8) is 0 Å². The number of hydrogen-bond donors (Lipinski definition) is 1. The normalized spacial score (nSPS) is 10.5. The van der Waals surface area contributed by atoms with Crippen LogP contribution in [0.2, 0.25) is 0 Å². The maximum atomic E-state index is 4.58. The summed E-state index contributed by atoms with van der Waals surface area (Å²) in [5, 5.41) is 4.18. The predicted molar refractivity (Wildman–Crippen MR) is 74.5 cm³/mol. The van der Waals surface area contributed by atoms with E-state index in [9.17, 15) is 0 Å². The molecule has 2 aromatic carbocycles. The summed E-state index contributed by atoms with van der Waals surface area (Å²) in [6.07, 6.45) is 1.86. The molecule has 0 saturated heterocycles. The van der Waals surface area contributed by atoms with E-state index in [1.165, 1.54) is 0 Å². The minimum absolute atomic E-state index is 0.755. The summed E-state index contributed by atoms with van der Waals surface area (Å²) in [7, 11) is 1.90. The maximum absolute atomic E-state index is 4.58. The van der Waals surface area contributed by atoms with Crippen molar-refractivity contribution in [1.82, 2.24) is 9.97 Å². The fraction of sp³-hybridized carbons (Fsp3) is 0.0667. The molecule has 0 radical (unpaired) electrons. The molecule has 1 aromatic heterocycles. The molecule has 3 rings (SSSR count). The fourth-order valence-corrected chi connectivity index (χ4v) is 1.93. The second kappa shape index (κ2) is 4.45. The van der Waals surface area contributed by atoms with Crippen LogP contribution in [0.15, 0.2) is 54.7 Å². The summed E-state index contributed by atoms with van der Waals surface area (Å²) in [6, 6.07) is 16.1. The molecule has 3 aromatic rings. The number of nitrogens with zero attached hydrogens (tertiary/aromatic N) is 2. The van der Waals surface area contributed by atoms with Gasteiger partial charge in [-0.3, -0.25) is 0 Å². The van der Waals surface area contributed by atoms with Crippen LogP contribution in [-0.2, 0) is 0 Å². The number of benzene rings is 2. The summed E-state index contributed by atoms with van der Waals surface area (Å²) in [5.74, 6) is 0.755. The Morgan fingerprint density at radius 2 is 1.89 bits per heavy atom. The van der Waals surface area contributed by atoms with E-state index in [2.05, 4.69) is 15.3 Å². The van der Waals surface area contributed by atoms with Crippen LogP contribution >= 0.6 is 0 Å². The molecule has 1 heterocycles. The smallest absolute Gasteiger partial charge is 0.159 e. The van der Waals surface area contributed by atoms with Crippen molar-refractivity contribution < 1.29 is 0 Å². The van der Waals surface area contributed by atoms with Crippen molar-refractivity contribution in [2.45, 2.75) is 0 Å². The third-order valence-corrected chi connectivity index (χ3v) is 2.90. The van der Waals surface area contributed by atoms with E-state index in [-0.39, 0.29) is 0 Å². The van der Waals surface area contributed by atoms with Crippen LogP contribution in [0.25, 0.3) is 22.3 Å². The Hall–Kier alpha value is -2.42. The van der Waals surface area contributed by atoms with Gasteiger partial charge in [-0.1, -0.05) is 30.3 Å². The molecule has 18 heavy (non-hydrogen) atoms. The number of nitrogens with one attached hydrogen (secondary N) is 1. The van der Waals surface area contributed by atoms with Gasteiger partial charge in [0.1, 0.15) is 0 Å². The summed E-state index contributed by atoms with van der Waals surface area (Å²) < 4.78 is 0. The van der Waals surface area contributed by atoms with Gasteiger partial charge in [-0.05, 0) is 18.2 Å². The molecule has 0 unspecified atom stereocenters. The molecule has 0 aliphatic carbocycles. The summed E-state index contributed by atoms with van der Waals surface area (Å²) in [4.78, 5) is 9.00. The third kappa shape index (κ3) is 1.91. The SMILES string of the molecule is CNc1cccc(-c2ncc3ccccc3n2)c1. The van der Waals surface area contributed by atoms with Crippen LogP contribution < -0.4 is 5.32 Å². The second-order valence-corrected chi connectivity index (χ2v) is 4.08. The number of para-hydroxylation sites is 1. The second-order valence-electron chi connectivity index (χ2n) is 4.08. The highest BCUT2D eigenvalue weighted by Crippen LogP contribution is 2.21. The van der Waals surface area contributed by atoms with Gasteiger partial charge in [-0.25, -0.2) is 9.97 Å². The lowest BCUT2D eigenvalue weighted by molar-refractivity contribution is 1.23. The van der Waals surface area contributed by atoms with Crippen LogP contribution in [0.3, 0.4) is 0 Å². The van der Waals surface area contributed by atoms with Crippen molar-refractivity contribution in [2.75, 3.05) is 12.4 Å². The Labute approximate surface area is 106 Å². The third-order valence-electron chi connectivity index (χ3n) is 2.90. The largest absolute Gasteiger partial charge is 0.388 e. The maximum Gasteiger partial charge on any atom is 0.159 e. The topological polar surface area (TPSA) is 37.8 Å². The van der Waals surface area contributed by atoms with Crippen molar-refractivity contribution in [3.05, 3.63) is 54.7 Å². The zero-order chi connectivity index (χ0) is 12.4. The van der Waals surface area contributed by atoms with Crippen LogP contribution in [0, 0.1) is 0 Å². The molecule has 0 amide bonds. The minimum Gasteiger partial charge on any atom is -0.388 e. The average molecular weight is 235 g/mol. The van der Waals surface area contributed by atoms with Gasteiger partial charge in [0.15, 0.2) is 5.82 Å². The van der Waals surface area contributed by atoms with Gasteiger partial charge >= 0.3 is 0 Å². The zero-order valence-corrected chi connectivity index (χ0v) is 10.1. The summed E-state index contributed by atoms with van der Waals surface area (Å²) in [5.41, 5.74) is 3.05. The van der Waals surface area contributed by atoms with Gasteiger partial charge in [-0.2, -0.15) is 0 Å². The Morgan fingerprint density at radius 1 is 1.00 bits per heavy atom. The molecule has 0 bridgehead atoms. The molecule has 0 aliphatic rings. The molecule has 3 nitrogen and oxygen atoms in total. The molecule has 0 fully saturated rings. The van der Waals surface area contributed by atoms with Crippen LogP contribution in [-0.4, -0.2) is 17.0 Å². The predicted octanol–water partition coefficient (Wildman–Crippen LogP) is 3.34. The van der Waals surface area contributed by atoms with E-state index in [4.69, 9.17) is 0 Å². The van der Waals surface area contributed by atoms with E-state index < -0.39 is 0 Å². The van der Waals surface area contributed by atoms with E-state index in [1.807, 2.05) is 61.8 Å². The van der Waals surface area contributed by atoms with Crippen LogP contribution in [0.5, 0.6) is 0 Å². The number of anilines is 1. The fourth-order valence-electron chi connectivity index (χ4n) is 1.93. The van der Waals surface area contributed by atoms with Crippen molar-refractivity contribution in [1.29, 1.82) is 0 Å². The first kappa shape index (κ1) is 10.7. The number of hydrogen-bond acceptors (Lipinski definition) is 3. The first-order valence-electron chi connectivity index (χ1n) is 5.87. The highest BCUT2D eigenvalue weighted by Gasteiger charge is 2.03. The lowest BCUT2D eigenvalue weighted by Gasteiger charge is -2.04. The number of rotatable bonds is 2. The van der Waals surface area contributed by atoms with Crippen molar-refractivity contribution in [3.8, 4) is 11.4 Å². The van der Waals surface area contributed by atoms with E-state index in [1.54, 1.807) is 0 Å². The summed E-state index contributed by atoms with van der Waals surface area (Å²) in [6.45, 7) is 0. The molecule has 0 spiro atoms. The van der Waals surface area contributed by atoms with Gasteiger partial charge in [-0.15, -0.1) is 0 Å². The molecular formula is C15H13N3. The van der Waals surface area contributed by atoms with Gasteiger partial charge in [0.2, 0.25) is 0 Å². The highest BCUT2D eigenvalue weighted by atomic mass is 14.9. The minimum atomic E-state index is 0.755. The molecule has 0 saturated carbocycles. The molecule has 0 aliphatic heterocycles. The monoisotopic (exact) mass is 235 g/mol. The number of aromatic nitrogens is 2. The molecule has 88 valence electrons. The van der Waals surface area contributed by atoms with Crippen LogP contribution in [0.1, 0.15) is 0 Å². The average Bonchev–Trinajstić information content (AvgIpc) is 2.47. The molecule has 0 atom stereocenters. The Balaban J connectivity index is 2.13. The van der Waals surface area contributed by atoms with E-state index in [0.29, 0.717) is 0 Å². The Bertz CT molecular complexity index is 692. The van der Waals surface area contributed by atoms with Gasteiger partial charge in [0, 0.05) is 29.9 Å².